The van der Waals surface area contributed by atoms with Gasteiger partial charge in [0.1, 0.15) is 5.82 Å². The van der Waals surface area contributed by atoms with Crippen molar-refractivity contribution >= 4 is 6.08 Å². The van der Waals surface area contributed by atoms with Gasteiger partial charge in [0.15, 0.2) is 0 Å². The molecule has 5 rings (SSSR count). The predicted molar refractivity (Wildman–Crippen MR) is 102 cm³/mol. The lowest BCUT2D eigenvalue weighted by atomic mass is 9.73. The van der Waals surface area contributed by atoms with Crippen LogP contribution in [-0.4, -0.2) is 35.2 Å². The number of hydrogen-bond acceptors (Lipinski definition) is 2. The SMILES string of the molecule is OC1Cc2ccccc2CC1N1CCC2(C=Cc3ccc(F)cc32)CC1. The van der Waals surface area contributed by atoms with E-state index in [0.717, 1.165) is 49.9 Å². The number of piperidine rings is 1. The van der Waals surface area contributed by atoms with E-state index < -0.39 is 0 Å². The van der Waals surface area contributed by atoms with E-state index >= 15 is 0 Å². The van der Waals surface area contributed by atoms with Gasteiger partial charge in [0.2, 0.25) is 0 Å². The van der Waals surface area contributed by atoms with Crippen molar-refractivity contribution in [1.29, 1.82) is 0 Å². The molecule has 0 saturated carbocycles. The lowest BCUT2D eigenvalue weighted by Crippen LogP contribution is -2.53. The third-order valence-corrected chi connectivity index (χ3v) is 6.71. The summed E-state index contributed by atoms with van der Waals surface area (Å²) in [4.78, 5) is 2.46. The number of aliphatic hydroxyl groups excluding tert-OH is 1. The molecule has 2 unspecified atom stereocenters. The number of nitrogens with zero attached hydrogens (tertiary/aromatic N) is 1. The number of hydrogen-bond donors (Lipinski definition) is 1. The number of likely N-dealkylation sites (tertiary alicyclic amines) is 1. The highest BCUT2D eigenvalue weighted by atomic mass is 19.1. The van der Waals surface area contributed by atoms with Crippen molar-refractivity contribution in [3.05, 3.63) is 76.6 Å². The van der Waals surface area contributed by atoms with Crippen LogP contribution < -0.4 is 0 Å². The molecule has 2 atom stereocenters. The van der Waals surface area contributed by atoms with Gasteiger partial charge in [0, 0.05) is 17.9 Å². The van der Waals surface area contributed by atoms with Gasteiger partial charge in [-0.1, -0.05) is 42.5 Å². The largest absolute Gasteiger partial charge is 0.391 e. The van der Waals surface area contributed by atoms with Gasteiger partial charge in [-0.05, 0) is 66.7 Å². The van der Waals surface area contributed by atoms with Gasteiger partial charge in [-0.25, -0.2) is 4.39 Å². The summed E-state index contributed by atoms with van der Waals surface area (Å²) in [5, 5.41) is 10.7. The Hall–Kier alpha value is -1.97. The highest BCUT2D eigenvalue weighted by Crippen LogP contribution is 2.44. The van der Waals surface area contributed by atoms with Gasteiger partial charge in [0.25, 0.3) is 0 Å². The van der Waals surface area contributed by atoms with E-state index in [2.05, 4.69) is 41.3 Å². The number of allylic oxidation sites excluding steroid dienone is 1. The molecule has 0 amide bonds. The molecule has 0 bridgehead atoms. The fourth-order valence-electron chi connectivity index (χ4n) is 5.19. The summed E-state index contributed by atoms with van der Waals surface area (Å²) in [6.07, 6.45) is 7.78. The summed E-state index contributed by atoms with van der Waals surface area (Å²) >= 11 is 0. The third-order valence-electron chi connectivity index (χ3n) is 6.71. The highest BCUT2D eigenvalue weighted by molar-refractivity contribution is 5.65. The maximum Gasteiger partial charge on any atom is 0.123 e. The normalized spacial score (nSPS) is 26.7. The van der Waals surface area contributed by atoms with Crippen molar-refractivity contribution < 1.29 is 9.50 Å². The van der Waals surface area contributed by atoms with Crippen LogP contribution in [0.2, 0.25) is 0 Å². The summed E-state index contributed by atoms with van der Waals surface area (Å²) < 4.78 is 13.8. The van der Waals surface area contributed by atoms with Gasteiger partial charge in [-0.3, -0.25) is 4.90 Å². The number of aliphatic hydroxyl groups is 1. The first kappa shape index (κ1) is 16.2. The smallest absolute Gasteiger partial charge is 0.123 e. The summed E-state index contributed by atoms with van der Waals surface area (Å²) in [5.41, 5.74) is 4.94. The Morgan fingerprint density at radius 1 is 1.00 bits per heavy atom. The Balaban J connectivity index is 1.35. The van der Waals surface area contributed by atoms with Crippen LogP contribution in [0.3, 0.4) is 0 Å². The molecule has 3 aliphatic rings. The van der Waals surface area contributed by atoms with E-state index in [4.69, 9.17) is 0 Å². The van der Waals surface area contributed by atoms with Crippen LogP contribution in [0.5, 0.6) is 0 Å². The zero-order valence-electron chi connectivity index (χ0n) is 14.9. The first-order valence-corrected chi connectivity index (χ1v) is 9.63. The Morgan fingerprint density at radius 2 is 1.73 bits per heavy atom. The second-order valence-electron chi connectivity index (χ2n) is 8.07. The number of fused-ring (bicyclic) bond motifs is 3. The zero-order chi connectivity index (χ0) is 17.7. The molecule has 1 fully saturated rings. The van der Waals surface area contributed by atoms with Gasteiger partial charge in [0.05, 0.1) is 6.10 Å². The lowest BCUT2D eigenvalue weighted by Gasteiger charge is -2.45. The summed E-state index contributed by atoms with van der Waals surface area (Å²) in [6, 6.07) is 13.8. The highest BCUT2D eigenvalue weighted by Gasteiger charge is 2.41. The Morgan fingerprint density at radius 3 is 2.50 bits per heavy atom. The second kappa shape index (κ2) is 6.04. The van der Waals surface area contributed by atoms with E-state index in [1.165, 1.54) is 11.1 Å². The fraction of sp³-hybridized carbons (Fsp3) is 0.391. The average molecular weight is 349 g/mol. The number of rotatable bonds is 1. The number of halogens is 1. The molecule has 2 aromatic rings. The van der Waals surface area contributed by atoms with E-state index in [0.29, 0.717) is 0 Å². The Labute approximate surface area is 154 Å². The Bertz CT molecular complexity index is 866. The zero-order valence-corrected chi connectivity index (χ0v) is 14.9. The molecule has 0 radical (unpaired) electrons. The van der Waals surface area contributed by atoms with Gasteiger partial charge >= 0.3 is 0 Å². The van der Waals surface area contributed by atoms with Gasteiger partial charge in [-0.2, -0.15) is 0 Å². The molecule has 134 valence electrons. The topological polar surface area (TPSA) is 23.5 Å². The van der Waals surface area contributed by atoms with E-state index in [1.807, 2.05) is 6.07 Å². The average Bonchev–Trinajstić information content (AvgIpc) is 3.00. The van der Waals surface area contributed by atoms with E-state index in [-0.39, 0.29) is 23.4 Å². The maximum absolute atomic E-state index is 13.8. The van der Waals surface area contributed by atoms with E-state index in [1.54, 1.807) is 12.1 Å². The first-order valence-electron chi connectivity index (χ1n) is 9.63. The maximum atomic E-state index is 13.8. The van der Waals surface area contributed by atoms with Gasteiger partial charge in [-0.15, -0.1) is 0 Å². The monoisotopic (exact) mass is 349 g/mol. The van der Waals surface area contributed by atoms with Crippen LogP contribution in [0.4, 0.5) is 4.39 Å². The van der Waals surface area contributed by atoms with Crippen molar-refractivity contribution in [3.63, 3.8) is 0 Å². The molecule has 1 aliphatic heterocycles. The minimum absolute atomic E-state index is 0.0224. The van der Waals surface area contributed by atoms with Crippen LogP contribution in [0, 0.1) is 5.82 Å². The third kappa shape index (κ3) is 2.53. The standard InChI is InChI=1S/C23H24FNO/c24-19-6-5-16-7-8-23(20(16)15-19)9-11-25(12-10-23)21-13-17-3-1-2-4-18(17)14-22(21)26/h1-8,15,21-22,26H,9-14H2. The lowest BCUT2D eigenvalue weighted by molar-refractivity contribution is 0.0237. The fourth-order valence-corrected chi connectivity index (χ4v) is 5.19. The molecule has 0 aromatic heterocycles. The van der Waals surface area contributed by atoms with Crippen LogP contribution >= 0.6 is 0 Å². The van der Waals surface area contributed by atoms with Crippen LogP contribution in [0.15, 0.2) is 48.5 Å². The summed E-state index contributed by atoms with van der Waals surface area (Å²) in [7, 11) is 0. The molecule has 2 aromatic carbocycles. The summed E-state index contributed by atoms with van der Waals surface area (Å²) in [6.45, 7) is 1.90. The van der Waals surface area contributed by atoms with Crippen LogP contribution in [0.1, 0.15) is 35.1 Å². The molecule has 2 aliphatic carbocycles. The van der Waals surface area contributed by atoms with Crippen molar-refractivity contribution in [2.45, 2.75) is 43.2 Å². The Kier molecular flexibility index (Phi) is 3.77. The van der Waals surface area contributed by atoms with Crippen LogP contribution in [-0.2, 0) is 18.3 Å². The second-order valence-corrected chi connectivity index (χ2v) is 8.07. The minimum Gasteiger partial charge on any atom is -0.391 e. The molecule has 1 N–H and O–H groups in total. The molecule has 2 nitrogen and oxygen atoms in total. The molecule has 1 spiro atoms. The van der Waals surface area contributed by atoms with Crippen molar-refractivity contribution in [3.8, 4) is 0 Å². The minimum atomic E-state index is -0.303. The molecule has 1 saturated heterocycles. The van der Waals surface area contributed by atoms with E-state index in [9.17, 15) is 9.50 Å². The van der Waals surface area contributed by atoms with Gasteiger partial charge < -0.3 is 5.11 Å². The molecule has 26 heavy (non-hydrogen) atoms. The first-order chi connectivity index (χ1) is 12.6. The molecular formula is C23H24FNO. The number of benzene rings is 2. The molecule has 1 heterocycles. The predicted octanol–water partition coefficient (Wildman–Crippen LogP) is 3.71. The van der Waals surface area contributed by atoms with Crippen molar-refractivity contribution in [2.24, 2.45) is 0 Å². The molecule has 3 heteroatoms. The summed E-state index contributed by atoms with van der Waals surface area (Å²) in [5.74, 6) is -0.145. The van der Waals surface area contributed by atoms with Crippen molar-refractivity contribution in [2.75, 3.05) is 13.1 Å². The quantitative estimate of drug-likeness (QED) is 0.848. The molecular weight excluding hydrogens is 325 g/mol. The van der Waals surface area contributed by atoms with Crippen molar-refractivity contribution in [1.82, 2.24) is 4.90 Å². The van der Waals surface area contributed by atoms with Crippen LogP contribution in [0.25, 0.3) is 6.08 Å².